The third-order valence-electron chi connectivity index (χ3n) is 5.95. The molecule has 0 aliphatic carbocycles. The molecule has 1 aromatic carbocycles. The van der Waals surface area contributed by atoms with E-state index < -0.39 is 5.97 Å². The van der Waals surface area contributed by atoms with E-state index in [2.05, 4.69) is 58.8 Å². The van der Waals surface area contributed by atoms with Gasteiger partial charge in [-0.05, 0) is 70.9 Å². The summed E-state index contributed by atoms with van der Waals surface area (Å²) in [5.74, 6) is 0.513. The lowest BCUT2D eigenvalue weighted by molar-refractivity contribution is -0.132. The van der Waals surface area contributed by atoms with Gasteiger partial charge in [0, 0.05) is 19.7 Å². The van der Waals surface area contributed by atoms with Gasteiger partial charge in [0.1, 0.15) is 0 Å². The molecule has 2 rings (SSSR count). The van der Waals surface area contributed by atoms with Gasteiger partial charge in [-0.25, -0.2) is 0 Å². The minimum absolute atomic E-state index is 0.145. The molecule has 0 aliphatic heterocycles. The van der Waals surface area contributed by atoms with Gasteiger partial charge in [-0.2, -0.15) is 0 Å². The molecule has 0 spiro atoms. The molecular weight excluding hydrogens is 481 g/mol. The second kappa shape index (κ2) is 14.1. The summed E-state index contributed by atoms with van der Waals surface area (Å²) in [4.78, 5) is 11.4. The average Bonchev–Trinajstić information content (AvgIpc) is 3.27. The van der Waals surface area contributed by atoms with Crippen LogP contribution in [-0.4, -0.2) is 59.8 Å². The number of carbonyl (C=O) groups excluding carboxylic acids is 1. The van der Waals surface area contributed by atoms with Gasteiger partial charge >= 0.3 is 5.97 Å². The molecule has 210 valence electrons. The summed E-state index contributed by atoms with van der Waals surface area (Å²) < 4.78 is 25.3. The highest BCUT2D eigenvalue weighted by molar-refractivity contribution is 6.08. The van der Waals surface area contributed by atoms with Gasteiger partial charge in [0.15, 0.2) is 11.5 Å². The standard InChI is InChI=1S/C29H46BN3O5/c1-22(34)38-25-12-11-23(19-30)18-26(25)35-16-9-10-24-20-33(32-31-24)15-13-28(5,6)36-17-14-29(7,8)37-21-27(2,3)4/h11-12,18,20H,9-10,13-17,19,21H2,1-8H3. The van der Waals surface area contributed by atoms with Gasteiger partial charge < -0.3 is 18.9 Å². The molecule has 2 radical (unpaired) electrons. The Morgan fingerprint density at radius 2 is 1.68 bits per heavy atom. The summed E-state index contributed by atoms with van der Waals surface area (Å²) in [5, 5.41) is 8.57. The van der Waals surface area contributed by atoms with Crippen molar-refractivity contribution in [3.05, 3.63) is 35.7 Å². The molecule has 0 fully saturated rings. The van der Waals surface area contributed by atoms with Gasteiger partial charge in [0.05, 0.1) is 44.6 Å². The molecule has 2 aromatic rings. The summed E-state index contributed by atoms with van der Waals surface area (Å²) in [7, 11) is 5.73. The van der Waals surface area contributed by atoms with Gasteiger partial charge in [-0.15, -0.1) is 5.10 Å². The van der Waals surface area contributed by atoms with Crippen LogP contribution in [0.3, 0.4) is 0 Å². The fraction of sp³-hybridized carbons (Fsp3) is 0.690. The first-order chi connectivity index (χ1) is 17.7. The van der Waals surface area contributed by atoms with E-state index in [0.717, 1.165) is 50.1 Å². The van der Waals surface area contributed by atoms with Gasteiger partial charge in [-0.3, -0.25) is 9.48 Å². The van der Waals surface area contributed by atoms with E-state index in [-0.39, 0.29) is 16.6 Å². The number of nitrogens with zero attached hydrogens (tertiary/aromatic N) is 3. The topological polar surface area (TPSA) is 84.7 Å². The number of rotatable bonds is 16. The highest BCUT2D eigenvalue weighted by Crippen LogP contribution is 2.29. The molecule has 38 heavy (non-hydrogen) atoms. The number of esters is 1. The molecular formula is C29H46BN3O5. The van der Waals surface area contributed by atoms with Crippen LogP contribution in [0.1, 0.15) is 85.9 Å². The van der Waals surface area contributed by atoms with Crippen LogP contribution >= 0.6 is 0 Å². The number of ether oxygens (including phenoxy) is 4. The fourth-order valence-corrected chi connectivity index (χ4v) is 3.54. The van der Waals surface area contributed by atoms with E-state index in [1.54, 1.807) is 12.1 Å². The van der Waals surface area contributed by atoms with E-state index in [1.165, 1.54) is 6.92 Å². The zero-order valence-corrected chi connectivity index (χ0v) is 24.6. The third kappa shape index (κ3) is 12.4. The number of hydrogen-bond acceptors (Lipinski definition) is 7. The number of benzene rings is 1. The van der Waals surface area contributed by atoms with Crippen molar-refractivity contribution in [3.8, 4) is 11.5 Å². The Bertz CT molecular complexity index is 1010. The zero-order chi connectivity index (χ0) is 28.4. The highest BCUT2D eigenvalue weighted by atomic mass is 16.6. The lowest BCUT2D eigenvalue weighted by atomic mass is 9.97. The molecule has 0 saturated carbocycles. The number of aromatic nitrogens is 3. The summed E-state index contributed by atoms with van der Waals surface area (Å²) in [6.45, 7) is 18.9. The van der Waals surface area contributed by atoms with E-state index in [1.807, 2.05) is 16.9 Å². The van der Waals surface area contributed by atoms with E-state index >= 15 is 0 Å². The van der Waals surface area contributed by atoms with Crippen molar-refractivity contribution >= 4 is 13.8 Å². The van der Waals surface area contributed by atoms with Gasteiger partial charge in [0.2, 0.25) is 0 Å². The third-order valence-corrected chi connectivity index (χ3v) is 5.95. The van der Waals surface area contributed by atoms with Crippen LogP contribution in [0.25, 0.3) is 0 Å². The molecule has 0 amide bonds. The minimum atomic E-state index is -0.394. The first-order valence-electron chi connectivity index (χ1n) is 13.5. The summed E-state index contributed by atoms with van der Waals surface area (Å²) in [5.41, 5.74) is 1.46. The zero-order valence-electron chi connectivity index (χ0n) is 24.6. The van der Waals surface area contributed by atoms with Crippen molar-refractivity contribution in [1.29, 1.82) is 0 Å². The largest absolute Gasteiger partial charge is 0.490 e. The van der Waals surface area contributed by atoms with E-state index in [4.69, 9.17) is 26.8 Å². The molecule has 0 atom stereocenters. The highest BCUT2D eigenvalue weighted by Gasteiger charge is 2.25. The maximum absolute atomic E-state index is 11.4. The average molecular weight is 528 g/mol. The molecule has 0 unspecified atom stereocenters. The monoisotopic (exact) mass is 527 g/mol. The number of hydrogen-bond donors (Lipinski definition) is 0. The Morgan fingerprint density at radius 3 is 2.34 bits per heavy atom. The predicted molar refractivity (Wildman–Crippen MR) is 150 cm³/mol. The van der Waals surface area contributed by atoms with Crippen LogP contribution in [0.2, 0.25) is 0 Å². The van der Waals surface area contributed by atoms with Crippen LogP contribution in [0.4, 0.5) is 0 Å². The smallest absolute Gasteiger partial charge is 0.308 e. The normalized spacial score (nSPS) is 12.5. The van der Waals surface area contributed by atoms with E-state index in [0.29, 0.717) is 31.0 Å². The molecule has 1 heterocycles. The van der Waals surface area contributed by atoms with Gasteiger partial charge in [0.25, 0.3) is 0 Å². The maximum Gasteiger partial charge on any atom is 0.308 e. The molecule has 0 bridgehead atoms. The van der Waals surface area contributed by atoms with Crippen molar-refractivity contribution in [3.63, 3.8) is 0 Å². The Kier molecular flexibility index (Phi) is 11.8. The van der Waals surface area contributed by atoms with Crippen molar-refractivity contribution in [2.24, 2.45) is 5.41 Å². The Balaban J connectivity index is 1.74. The second-order valence-corrected chi connectivity index (χ2v) is 12.2. The molecule has 8 nitrogen and oxygen atoms in total. The van der Waals surface area contributed by atoms with Crippen molar-refractivity contribution < 1.29 is 23.7 Å². The van der Waals surface area contributed by atoms with Crippen LogP contribution < -0.4 is 9.47 Å². The van der Waals surface area contributed by atoms with Crippen molar-refractivity contribution in [1.82, 2.24) is 15.0 Å². The van der Waals surface area contributed by atoms with Crippen LogP contribution in [0, 0.1) is 5.41 Å². The summed E-state index contributed by atoms with van der Waals surface area (Å²) >= 11 is 0. The van der Waals surface area contributed by atoms with Crippen LogP contribution in [0.5, 0.6) is 11.5 Å². The van der Waals surface area contributed by atoms with Crippen LogP contribution in [-0.2, 0) is 33.6 Å². The molecule has 0 saturated heterocycles. The van der Waals surface area contributed by atoms with Gasteiger partial charge in [-0.1, -0.05) is 43.9 Å². The summed E-state index contributed by atoms with van der Waals surface area (Å²) in [6, 6.07) is 5.33. The molecule has 1 aromatic heterocycles. The Hall–Kier alpha value is -2.39. The molecule has 0 N–H and O–H groups in total. The lowest BCUT2D eigenvalue weighted by Gasteiger charge is -2.32. The lowest BCUT2D eigenvalue weighted by Crippen LogP contribution is -2.33. The molecule has 9 heteroatoms. The quantitative estimate of drug-likeness (QED) is 0.127. The first-order valence-corrected chi connectivity index (χ1v) is 13.5. The van der Waals surface area contributed by atoms with Crippen molar-refractivity contribution in [2.45, 2.75) is 105 Å². The second-order valence-electron chi connectivity index (χ2n) is 12.2. The minimum Gasteiger partial charge on any atom is -0.490 e. The Labute approximate surface area is 230 Å². The number of carbonyl (C=O) groups is 1. The van der Waals surface area contributed by atoms with Crippen LogP contribution in [0.15, 0.2) is 24.4 Å². The summed E-state index contributed by atoms with van der Waals surface area (Å²) in [6.07, 6.45) is 5.47. The first kappa shape index (κ1) is 31.8. The predicted octanol–water partition coefficient (Wildman–Crippen LogP) is 5.30. The maximum atomic E-state index is 11.4. The molecule has 0 aliphatic rings. The number of aryl methyl sites for hydroxylation is 2. The Morgan fingerprint density at radius 1 is 0.974 bits per heavy atom. The van der Waals surface area contributed by atoms with E-state index in [9.17, 15) is 4.79 Å². The fourth-order valence-electron chi connectivity index (χ4n) is 3.54. The SMILES string of the molecule is [B]Cc1ccc(OC(C)=O)c(OCCCc2cn(CCC(C)(C)OCCC(C)(C)OCC(C)(C)C)nn2)c1. The van der Waals surface area contributed by atoms with Crippen molar-refractivity contribution in [2.75, 3.05) is 19.8 Å².